The molecule has 2 heteroatoms. The standard InChI is InChI=1S/C24H23NO/c1-17(2)23-21(13-8-16-26)22(19-10-4-3-5-11-19)24-20-12-7-6-9-18(20)14-15-25(23)24/h3-12,14-17,26H,13H2,1-2H3/b16-8+. The average molecular weight is 341 g/mol. The van der Waals surface area contributed by atoms with E-state index in [9.17, 15) is 5.11 Å². The Kier molecular flexibility index (Phi) is 4.26. The van der Waals surface area contributed by atoms with Gasteiger partial charge in [0.15, 0.2) is 0 Å². The number of pyridine rings is 1. The molecule has 0 spiro atoms. The van der Waals surface area contributed by atoms with Gasteiger partial charge in [-0.15, -0.1) is 0 Å². The first-order valence-electron chi connectivity index (χ1n) is 9.11. The van der Waals surface area contributed by atoms with Gasteiger partial charge in [-0.3, -0.25) is 0 Å². The van der Waals surface area contributed by atoms with Crippen LogP contribution in [-0.2, 0) is 6.42 Å². The van der Waals surface area contributed by atoms with Crippen molar-refractivity contribution in [3.63, 3.8) is 0 Å². The van der Waals surface area contributed by atoms with Crippen molar-refractivity contribution in [1.29, 1.82) is 0 Å². The van der Waals surface area contributed by atoms with Gasteiger partial charge in [0, 0.05) is 22.8 Å². The van der Waals surface area contributed by atoms with Crippen LogP contribution in [0, 0.1) is 0 Å². The second-order valence-corrected chi connectivity index (χ2v) is 6.97. The monoisotopic (exact) mass is 341 g/mol. The number of aromatic nitrogens is 1. The number of hydrogen-bond acceptors (Lipinski definition) is 1. The fourth-order valence-electron chi connectivity index (χ4n) is 4.01. The third-order valence-corrected chi connectivity index (χ3v) is 5.00. The predicted molar refractivity (Wildman–Crippen MR) is 110 cm³/mol. The summed E-state index contributed by atoms with van der Waals surface area (Å²) in [5.74, 6) is 0.378. The second kappa shape index (κ2) is 6.72. The van der Waals surface area contributed by atoms with Crippen molar-refractivity contribution in [2.45, 2.75) is 26.2 Å². The molecular formula is C24H23NO. The Morgan fingerprint density at radius 2 is 1.69 bits per heavy atom. The maximum atomic E-state index is 9.28. The third kappa shape index (κ3) is 2.59. The van der Waals surface area contributed by atoms with Gasteiger partial charge in [0.25, 0.3) is 0 Å². The first kappa shape index (κ1) is 16.5. The van der Waals surface area contributed by atoms with Crippen LogP contribution in [0.25, 0.3) is 27.4 Å². The summed E-state index contributed by atoms with van der Waals surface area (Å²) in [6.07, 6.45) is 5.88. The molecule has 2 nitrogen and oxygen atoms in total. The summed E-state index contributed by atoms with van der Waals surface area (Å²) in [6, 6.07) is 21.3. The molecule has 4 rings (SSSR count). The highest BCUT2D eigenvalue weighted by Gasteiger charge is 2.22. The van der Waals surface area contributed by atoms with E-state index >= 15 is 0 Å². The Labute approximate surface area is 154 Å². The van der Waals surface area contributed by atoms with Gasteiger partial charge in [-0.05, 0) is 41.0 Å². The number of benzene rings is 2. The molecule has 0 bridgehead atoms. The molecule has 0 aliphatic heterocycles. The molecule has 26 heavy (non-hydrogen) atoms. The summed E-state index contributed by atoms with van der Waals surface area (Å²) in [5, 5.41) is 11.8. The number of nitrogens with zero attached hydrogens (tertiary/aromatic N) is 1. The number of allylic oxidation sites excluding steroid dienone is 1. The van der Waals surface area contributed by atoms with Crippen LogP contribution >= 0.6 is 0 Å². The van der Waals surface area contributed by atoms with Gasteiger partial charge in [-0.25, -0.2) is 0 Å². The molecule has 0 saturated heterocycles. The van der Waals surface area contributed by atoms with Crippen molar-refractivity contribution >= 4 is 16.3 Å². The third-order valence-electron chi connectivity index (χ3n) is 5.00. The number of aliphatic hydroxyl groups excluding tert-OH is 1. The molecule has 0 unspecified atom stereocenters. The summed E-state index contributed by atoms with van der Waals surface area (Å²) >= 11 is 0. The molecule has 0 amide bonds. The lowest BCUT2D eigenvalue weighted by molar-refractivity contribution is 0.471. The van der Waals surface area contributed by atoms with Crippen molar-refractivity contribution in [2.75, 3.05) is 0 Å². The van der Waals surface area contributed by atoms with Crippen LogP contribution in [0.4, 0.5) is 0 Å². The summed E-state index contributed by atoms with van der Waals surface area (Å²) in [7, 11) is 0. The maximum absolute atomic E-state index is 9.28. The summed E-state index contributed by atoms with van der Waals surface area (Å²) < 4.78 is 2.34. The van der Waals surface area contributed by atoms with Crippen molar-refractivity contribution in [2.24, 2.45) is 0 Å². The van der Waals surface area contributed by atoms with Crippen LogP contribution in [-0.4, -0.2) is 9.51 Å². The molecule has 4 aromatic rings. The van der Waals surface area contributed by atoms with Crippen molar-refractivity contribution in [1.82, 2.24) is 4.40 Å². The van der Waals surface area contributed by atoms with Gasteiger partial charge in [0.2, 0.25) is 0 Å². The minimum absolute atomic E-state index is 0.378. The molecule has 0 aliphatic rings. The van der Waals surface area contributed by atoms with Crippen molar-refractivity contribution < 1.29 is 5.11 Å². The smallest absolute Gasteiger partial charge is 0.0755 e. The predicted octanol–water partition coefficient (Wildman–Crippen LogP) is 6.50. The van der Waals surface area contributed by atoms with Crippen molar-refractivity contribution in [3.8, 4) is 11.1 Å². The highest BCUT2D eigenvalue weighted by Crippen LogP contribution is 2.40. The number of hydrogen-bond donors (Lipinski definition) is 1. The van der Waals surface area contributed by atoms with E-state index in [-0.39, 0.29) is 0 Å². The second-order valence-electron chi connectivity index (χ2n) is 6.97. The Hall–Kier alpha value is -3.00. The Balaban J connectivity index is 2.21. The van der Waals surface area contributed by atoms with Crippen LogP contribution in [0.2, 0.25) is 0 Å². The molecule has 2 aromatic carbocycles. The van der Waals surface area contributed by atoms with E-state index < -0.39 is 0 Å². The fourth-order valence-corrected chi connectivity index (χ4v) is 4.01. The lowest BCUT2D eigenvalue weighted by atomic mass is 9.94. The first-order chi connectivity index (χ1) is 12.7. The largest absolute Gasteiger partial charge is 0.516 e. The lowest BCUT2D eigenvalue weighted by Crippen LogP contribution is -1.98. The van der Waals surface area contributed by atoms with Gasteiger partial charge < -0.3 is 9.51 Å². The first-order valence-corrected chi connectivity index (χ1v) is 9.11. The quantitative estimate of drug-likeness (QED) is 0.421. The Morgan fingerprint density at radius 1 is 0.962 bits per heavy atom. The van der Waals surface area contributed by atoms with Crippen LogP contribution in [0.15, 0.2) is 79.2 Å². The number of fused-ring (bicyclic) bond motifs is 3. The average Bonchev–Trinajstić information content (AvgIpc) is 3.01. The lowest BCUT2D eigenvalue weighted by Gasteiger charge is -2.10. The molecule has 130 valence electrons. The van der Waals surface area contributed by atoms with E-state index in [2.05, 4.69) is 85.1 Å². The topological polar surface area (TPSA) is 24.6 Å². The Morgan fingerprint density at radius 3 is 2.42 bits per heavy atom. The van der Waals surface area contributed by atoms with E-state index in [0.29, 0.717) is 12.3 Å². The van der Waals surface area contributed by atoms with Gasteiger partial charge in [-0.2, -0.15) is 0 Å². The molecule has 0 aliphatic carbocycles. The summed E-state index contributed by atoms with van der Waals surface area (Å²) in [4.78, 5) is 0. The van der Waals surface area contributed by atoms with Crippen LogP contribution in [0.3, 0.4) is 0 Å². The highest BCUT2D eigenvalue weighted by molar-refractivity contribution is 6.05. The van der Waals surface area contributed by atoms with Crippen molar-refractivity contribution in [3.05, 3.63) is 90.5 Å². The normalized spacial score (nSPS) is 12.0. The van der Waals surface area contributed by atoms with E-state index in [0.717, 1.165) is 6.26 Å². The van der Waals surface area contributed by atoms with Crippen LogP contribution in [0.5, 0.6) is 0 Å². The van der Waals surface area contributed by atoms with Gasteiger partial charge in [0.05, 0.1) is 11.8 Å². The number of aliphatic hydroxyl groups is 1. The van der Waals surface area contributed by atoms with E-state index in [4.69, 9.17) is 0 Å². The SMILES string of the molecule is CC(C)c1c(C/C=C/O)c(-c2ccccc2)c2c3ccccc3ccn12. The highest BCUT2D eigenvalue weighted by atomic mass is 16.2. The summed E-state index contributed by atoms with van der Waals surface area (Å²) in [6.45, 7) is 4.47. The molecule has 1 N–H and O–H groups in total. The maximum Gasteiger partial charge on any atom is 0.0755 e. The molecule has 2 heterocycles. The molecule has 0 atom stereocenters. The van der Waals surface area contributed by atoms with Gasteiger partial charge in [0.1, 0.15) is 0 Å². The zero-order valence-corrected chi connectivity index (χ0v) is 15.2. The van der Waals surface area contributed by atoms with Crippen LogP contribution in [0.1, 0.15) is 31.0 Å². The van der Waals surface area contributed by atoms with Gasteiger partial charge in [-0.1, -0.05) is 68.4 Å². The Bertz CT molecular complexity index is 1090. The van der Waals surface area contributed by atoms with E-state index in [1.54, 1.807) is 0 Å². The molecule has 0 saturated carbocycles. The fraction of sp³-hybridized carbons (Fsp3) is 0.167. The number of rotatable bonds is 4. The molecule has 0 radical (unpaired) electrons. The molecular weight excluding hydrogens is 318 g/mol. The van der Waals surface area contributed by atoms with Gasteiger partial charge >= 0.3 is 0 Å². The minimum atomic E-state index is 0.378. The zero-order valence-electron chi connectivity index (χ0n) is 15.2. The van der Waals surface area contributed by atoms with Crippen LogP contribution < -0.4 is 0 Å². The zero-order chi connectivity index (χ0) is 18.1. The summed E-state index contributed by atoms with van der Waals surface area (Å²) in [5.41, 5.74) is 6.33. The minimum Gasteiger partial charge on any atom is -0.516 e. The van der Waals surface area contributed by atoms with E-state index in [1.165, 1.54) is 38.7 Å². The molecule has 2 aromatic heterocycles. The van der Waals surface area contributed by atoms with E-state index in [1.807, 2.05) is 6.08 Å². The molecule has 0 fully saturated rings.